The SMILES string of the molecule is Oc1ccccc1OCCOc1ccc(Br)cc1. The Kier molecular flexibility index (Phi) is 4.47. The van der Waals surface area contributed by atoms with Crippen LogP contribution in [0.15, 0.2) is 53.0 Å². The zero-order valence-corrected chi connectivity index (χ0v) is 11.3. The van der Waals surface area contributed by atoms with Crippen LogP contribution in [0.4, 0.5) is 0 Å². The van der Waals surface area contributed by atoms with Crippen molar-refractivity contribution < 1.29 is 14.6 Å². The van der Waals surface area contributed by atoms with Crippen molar-refractivity contribution in [2.24, 2.45) is 0 Å². The lowest BCUT2D eigenvalue weighted by molar-refractivity contribution is 0.212. The maximum atomic E-state index is 9.49. The summed E-state index contributed by atoms with van der Waals surface area (Å²) in [6.07, 6.45) is 0. The summed E-state index contributed by atoms with van der Waals surface area (Å²) in [7, 11) is 0. The topological polar surface area (TPSA) is 38.7 Å². The lowest BCUT2D eigenvalue weighted by Gasteiger charge is -2.09. The van der Waals surface area contributed by atoms with E-state index >= 15 is 0 Å². The molecule has 2 aromatic carbocycles. The van der Waals surface area contributed by atoms with Gasteiger partial charge in [0, 0.05) is 4.47 Å². The third-order valence-corrected chi connectivity index (χ3v) is 2.82. The number of para-hydroxylation sites is 2. The van der Waals surface area contributed by atoms with Crippen molar-refractivity contribution >= 4 is 15.9 Å². The maximum absolute atomic E-state index is 9.49. The second-order valence-electron chi connectivity index (χ2n) is 3.62. The largest absolute Gasteiger partial charge is 0.504 e. The minimum Gasteiger partial charge on any atom is -0.504 e. The number of ether oxygens (including phenoxy) is 2. The first kappa shape index (κ1) is 12.8. The van der Waals surface area contributed by atoms with E-state index in [1.54, 1.807) is 18.2 Å². The minimum atomic E-state index is 0.140. The normalized spacial score (nSPS) is 10.1. The van der Waals surface area contributed by atoms with Crippen LogP contribution in [0.25, 0.3) is 0 Å². The molecule has 0 aromatic heterocycles. The van der Waals surface area contributed by atoms with Crippen LogP contribution in [0.2, 0.25) is 0 Å². The third-order valence-electron chi connectivity index (χ3n) is 2.29. The van der Waals surface area contributed by atoms with Gasteiger partial charge in [-0.15, -0.1) is 0 Å². The Labute approximate surface area is 114 Å². The fourth-order valence-corrected chi connectivity index (χ4v) is 1.69. The zero-order valence-electron chi connectivity index (χ0n) is 9.67. The van der Waals surface area contributed by atoms with E-state index in [0.29, 0.717) is 19.0 Å². The number of benzene rings is 2. The molecule has 0 bridgehead atoms. The molecule has 0 aliphatic heterocycles. The van der Waals surface area contributed by atoms with Crippen molar-refractivity contribution in [3.8, 4) is 17.2 Å². The Morgan fingerprint density at radius 3 is 2.28 bits per heavy atom. The first-order valence-corrected chi connectivity index (χ1v) is 6.34. The zero-order chi connectivity index (χ0) is 12.8. The maximum Gasteiger partial charge on any atom is 0.161 e. The van der Waals surface area contributed by atoms with Gasteiger partial charge in [-0.25, -0.2) is 0 Å². The molecule has 18 heavy (non-hydrogen) atoms. The van der Waals surface area contributed by atoms with Crippen molar-refractivity contribution in [2.75, 3.05) is 13.2 Å². The molecule has 0 heterocycles. The van der Waals surface area contributed by atoms with Crippen molar-refractivity contribution in [3.63, 3.8) is 0 Å². The molecule has 0 spiro atoms. The number of halogens is 1. The van der Waals surface area contributed by atoms with Crippen LogP contribution in [0.1, 0.15) is 0 Å². The van der Waals surface area contributed by atoms with Gasteiger partial charge in [0.15, 0.2) is 11.5 Å². The molecular formula is C14H13BrO3. The molecule has 1 N–H and O–H groups in total. The summed E-state index contributed by atoms with van der Waals surface area (Å²) in [5, 5.41) is 9.49. The molecule has 2 aromatic rings. The van der Waals surface area contributed by atoms with Gasteiger partial charge in [0.1, 0.15) is 19.0 Å². The highest BCUT2D eigenvalue weighted by Gasteiger charge is 2.00. The average molecular weight is 309 g/mol. The van der Waals surface area contributed by atoms with Gasteiger partial charge in [0.2, 0.25) is 0 Å². The van der Waals surface area contributed by atoms with Crippen LogP contribution in [0.3, 0.4) is 0 Å². The summed E-state index contributed by atoms with van der Waals surface area (Å²) in [4.78, 5) is 0. The van der Waals surface area contributed by atoms with E-state index in [0.717, 1.165) is 10.2 Å². The van der Waals surface area contributed by atoms with Gasteiger partial charge in [-0.05, 0) is 36.4 Å². The lowest BCUT2D eigenvalue weighted by Crippen LogP contribution is -2.08. The van der Waals surface area contributed by atoms with Crippen LogP contribution in [0.5, 0.6) is 17.2 Å². The molecule has 0 fully saturated rings. The highest BCUT2D eigenvalue weighted by molar-refractivity contribution is 9.10. The Bertz CT molecular complexity index is 497. The number of aromatic hydroxyl groups is 1. The van der Waals surface area contributed by atoms with Crippen LogP contribution in [-0.2, 0) is 0 Å². The molecule has 0 saturated heterocycles. The summed E-state index contributed by atoms with van der Waals surface area (Å²) < 4.78 is 11.9. The quantitative estimate of drug-likeness (QED) is 0.858. The number of hydrogen-bond donors (Lipinski definition) is 1. The van der Waals surface area contributed by atoms with Gasteiger partial charge in [0.05, 0.1) is 0 Å². The molecule has 0 unspecified atom stereocenters. The number of phenolic OH excluding ortho intramolecular Hbond substituents is 1. The van der Waals surface area contributed by atoms with Crippen molar-refractivity contribution in [2.45, 2.75) is 0 Å². The molecule has 94 valence electrons. The average Bonchev–Trinajstić information content (AvgIpc) is 2.39. The number of phenols is 1. The molecule has 0 aliphatic rings. The fourth-order valence-electron chi connectivity index (χ4n) is 1.42. The van der Waals surface area contributed by atoms with Crippen LogP contribution < -0.4 is 9.47 Å². The van der Waals surface area contributed by atoms with Crippen molar-refractivity contribution in [1.82, 2.24) is 0 Å². The van der Waals surface area contributed by atoms with Gasteiger partial charge in [0.25, 0.3) is 0 Å². The molecule has 0 atom stereocenters. The molecule has 0 amide bonds. The second-order valence-corrected chi connectivity index (χ2v) is 4.53. The predicted octanol–water partition coefficient (Wildman–Crippen LogP) is 3.61. The highest BCUT2D eigenvalue weighted by Crippen LogP contribution is 2.24. The number of hydrogen-bond acceptors (Lipinski definition) is 3. The summed E-state index contributed by atoms with van der Waals surface area (Å²) >= 11 is 3.36. The smallest absolute Gasteiger partial charge is 0.161 e. The Morgan fingerprint density at radius 1 is 0.889 bits per heavy atom. The van der Waals surface area contributed by atoms with Gasteiger partial charge < -0.3 is 14.6 Å². The summed E-state index contributed by atoms with van der Waals surface area (Å²) in [6, 6.07) is 14.5. The predicted molar refractivity (Wildman–Crippen MR) is 73.2 cm³/mol. The first-order valence-electron chi connectivity index (χ1n) is 5.55. The Balaban J connectivity index is 1.76. The minimum absolute atomic E-state index is 0.140. The molecule has 0 radical (unpaired) electrons. The van der Waals surface area contributed by atoms with E-state index < -0.39 is 0 Å². The monoisotopic (exact) mass is 308 g/mol. The molecular weight excluding hydrogens is 296 g/mol. The van der Waals surface area contributed by atoms with Crippen LogP contribution >= 0.6 is 15.9 Å². The molecule has 3 nitrogen and oxygen atoms in total. The molecule has 2 rings (SSSR count). The summed E-state index contributed by atoms with van der Waals surface area (Å²) in [6.45, 7) is 0.809. The standard InChI is InChI=1S/C14H13BrO3/c15-11-5-7-12(8-6-11)17-9-10-18-14-4-2-1-3-13(14)16/h1-8,16H,9-10H2. The Morgan fingerprint density at radius 2 is 1.56 bits per heavy atom. The van der Waals surface area contributed by atoms with E-state index in [1.165, 1.54) is 0 Å². The van der Waals surface area contributed by atoms with Gasteiger partial charge in [-0.3, -0.25) is 0 Å². The van der Waals surface area contributed by atoms with Crippen LogP contribution in [0, 0.1) is 0 Å². The molecule has 0 saturated carbocycles. The fraction of sp³-hybridized carbons (Fsp3) is 0.143. The Hall–Kier alpha value is -1.68. The second kappa shape index (κ2) is 6.31. The van der Waals surface area contributed by atoms with E-state index in [1.807, 2.05) is 30.3 Å². The summed E-state index contributed by atoms with van der Waals surface area (Å²) in [5.41, 5.74) is 0. The van der Waals surface area contributed by atoms with Crippen molar-refractivity contribution in [1.29, 1.82) is 0 Å². The van der Waals surface area contributed by atoms with E-state index in [2.05, 4.69) is 15.9 Å². The van der Waals surface area contributed by atoms with Crippen molar-refractivity contribution in [3.05, 3.63) is 53.0 Å². The first-order chi connectivity index (χ1) is 8.75. The van der Waals surface area contributed by atoms with Crippen LogP contribution in [-0.4, -0.2) is 18.3 Å². The van der Waals surface area contributed by atoms with Gasteiger partial charge in [-0.1, -0.05) is 28.1 Å². The molecule has 4 heteroatoms. The van der Waals surface area contributed by atoms with E-state index in [-0.39, 0.29) is 5.75 Å². The van der Waals surface area contributed by atoms with E-state index in [4.69, 9.17) is 9.47 Å². The highest BCUT2D eigenvalue weighted by atomic mass is 79.9. The molecule has 0 aliphatic carbocycles. The van der Waals surface area contributed by atoms with Gasteiger partial charge in [-0.2, -0.15) is 0 Å². The van der Waals surface area contributed by atoms with Gasteiger partial charge >= 0.3 is 0 Å². The third kappa shape index (κ3) is 3.67. The lowest BCUT2D eigenvalue weighted by atomic mass is 10.3. The number of rotatable bonds is 5. The van der Waals surface area contributed by atoms with E-state index in [9.17, 15) is 5.11 Å². The summed E-state index contributed by atoms with van der Waals surface area (Å²) in [5.74, 6) is 1.40.